The summed E-state index contributed by atoms with van der Waals surface area (Å²) in [6, 6.07) is 14.8. The smallest absolute Gasteiger partial charge is 0.243 e. The molecule has 0 atom stereocenters. The zero-order valence-corrected chi connectivity index (χ0v) is 17.6. The minimum Gasteiger partial charge on any atom is -0.340 e. The van der Waals surface area contributed by atoms with E-state index in [0.29, 0.717) is 26.1 Å². The quantitative estimate of drug-likeness (QED) is 0.641. The maximum atomic E-state index is 13.1. The fourth-order valence-corrected chi connectivity index (χ4v) is 5.40. The number of benzene rings is 2. The Morgan fingerprint density at radius 2 is 1.73 bits per heavy atom. The number of hydrogen-bond donors (Lipinski definition) is 0. The number of aromatic nitrogens is 1. The van der Waals surface area contributed by atoms with Gasteiger partial charge in [0.2, 0.25) is 15.9 Å². The fourth-order valence-electron chi connectivity index (χ4n) is 3.93. The number of aryl methyl sites for hydroxylation is 1. The van der Waals surface area contributed by atoms with Crippen molar-refractivity contribution in [2.45, 2.75) is 24.8 Å². The van der Waals surface area contributed by atoms with Gasteiger partial charge in [-0.2, -0.15) is 4.31 Å². The molecule has 8 heteroatoms. The van der Waals surface area contributed by atoms with E-state index >= 15 is 0 Å². The van der Waals surface area contributed by atoms with E-state index in [0.717, 1.165) is 28.7 Å². The van der Waals surface area contributed by atoms with E-state index in [-0.39, 0.29) is 23.9 Å². The summed E-state index contributed by atoms with van der Waals surface area (Å²) in [6.45, 7) is 3.59. The monoisotopic (exact) mass is 429 g/mol. The topological polar surface area (TPSA) is 62.6 Å². The number of halogens is 1. The van der Waals surface area contributed by atoms with Crippen molar-refractivity contribution in [3.63, 3.8) is 0 Å². The van der Waals surface area contributed by atoms with E-state index in [2.05, 4.69) is 6.07 Å². The molecular formula is C22H24FN3O3S. The Kier molecular flexibility index (Phi) is 5.62. The molecule has 1 aliphatic heterocycles. The van der Waals surface area contributed by atoms with Gasteiger partial charge in [0.15, 0.2) is 0 Å². The van der Waals surface area contributed by atoms with Crippen molar-refractivity contribution in [2.24, 2.45) is 0 Å². The Balaban J connectivity index is 1.47. The first-order chi connectivity index (χ1) is 14.4. The molecule has 0 bridgehead atoms. The van der Waals surface area contributed by atoms with Gasteiger partial charge in [0.1, 0.15) is 12.4 Å². The average Bonchev–Trinajstić information content (AvgIpc) is 2.90. The first-order valence-electron chi connectivity index (χ1n) is 9.94. The zero-order valence-electron chi connectivity index (χ0n) is 16.8. The lowest BCUT2D eigenvalue weighted by Gasteiger charge is -2.22. The summed E-state index contributed by atoms with van der Waals surface area (Å²) in [5.41, 5.74) is 2.03. The van der Waals surface area contributed by atoms with Crippen molar-refractivity contribution in [1.29, 1.82) is 0 Å². The van der Waals surface area contributed by atoms with Crippen LogP contribution in [0.1, 0.15) is 12.1 Å². The highest BCUT2D eigenvalue weighted by molar-refractivity contribution is 7.89. The molecule has 1 fully saturated rings. The molecule has 0 spiro atoms. The molecule has 1 saturated heterocycles. The van der Waals surface area contributed by atoms with E-state index in [1.54, 1.807) is 4.90 Å². The number of carbonyl (C=O) groups excluding carboxylic acids is 1. The van der Waals surface area contributed by atoms with Crippen LogP contribution in [0.4, 0.5) is 4.39 Å². The minimum absolute atomic E-state index is 0.0273. The minimum atomic E-state index is -3.71. The summed E-state index contributed by atoms with van der Waals surface area (Å²) >= 11 is 0. The Morgan fingerprint density at radius 3 is 2.50 bits per heavy atom. The second-order valence-corrected chi connectivity index (χ2v) is 9.46. The molecule has 3 aromatic rings. The molecule has 0 N–H and O–H groups in total. The molecule has 2 heterocycles. The van der Waals surface area contributed by atoms with Crippen LogP contribution in [0, 0.1) is 12.7 Å². The maximum absolute atomic E-state index is 13.1. The van der Waals surface area contributed by atoms with Crippen LogP contribution in [0.2, 0.25) is 0 Å². The molecule has 0 unspecified atom stereocenters. The third kappa shape index (κ3) is 3.97. The van der Waals surface area contributed by atoms with Crippen molar-refractivity contribution < 1.29 is 17.6 Å². The van der Waals surface area contributed by atoms with E-state index in [1.807, 2.05) is 35.8 Å². The number of amides is 1. The Hall–Kier alpha value is -2.71. The lowest BCUT2D eigenvalue weighted by Crippen LogP contribution is -2.38. The molecule has 0 radical (unpaired) electrons. The molecule has 1 amide bonds. The standard InChI is InChI=1S/C22H24FN3O3S/c1-17-15-18-5-2-3-6-21(18)26(17)16-22(27)24-11-4-12-25(14-13-24)30(28,29)20-9-7-19(23)8-10-20/h2-3,5-10,15H,4,11-14,16H2,1H3. The van der Waals surface area contributed by atoms with Crippen molar-refractivity contribution in [3.8, 4) is 0 Å². The summed E-state index contributed by atoms with van der Waals surface area (Å²) in [5, 5.41) is 1.09. The van der Waals surface area contributed by atoms with Gasteiger partial charge in [0, 0.05) is 37.4 Å². The van der Waals surface area contributed by atoms with Gasteiger partial charge in [0.25, 0.3) is 0 Å². The van der Waals surface area contributed by atoms with E-state index in [4.69, 9.17) is 0 Å². The van der Waals surface area contributed by atoms with Gasteiger partial charge in [-0.05, 0) is 55.1 Å². The summed E-state index contributed by atoms with van der Waals surface area (Å²) in [5.74, 6) is -0.505. The van der Waals surface area contributed by atoms with E-state index in [1.165, 1.54) is 16.4 Å². The van der Waals surface area contributed by atoms with Gasteiger partial charge in [-0.15, -0.1) is 0 Å². The van der Waals surface area contributed by atoms with Crippen LogP contribution in [-0.2, 0) is 21.4 Å². The van der Waals surface area contributed by atoms with E-state index in [9.17, 15) is 17.6 Å². The highest BCUT2D eigenvalue weighted by Gasteiger charge is 2.28. The molecular weight excluding hydrogens is 405 g/mol. The zero-order chi connectivity index (χ0) is 21.3. The lowest BCUT2D eigenvalue weighted by molar-refractivity contribution is -0.131. The first-order valence-corrected chi connectivity index (χ1v) is 11.4. The summed E-state index contributed by atoms with van der Waals surface area (Å²) in [4.78, 5) is 14.8. The van der Waals surface area contributed by atoms with Crippen molar-refractivity contribution in [2.75, 3.05) is 26.2 Å². The van der Waals surface area contributed by atoms with Crippen molar-refractivity contribution in [1.82, 2.24) is 13.8 Å². The summed E-state index contributed by atoms with van der Waals surface area (Å²) < 4.78 is 42.3. The van der Waals surface area contributed by atoms with Gasteiger partial charge in [0.05, 0.1) is 4.90 Å². The Labute approximate surface area is 175 Å². The maximum Gasteiger partial charge on any atom is 0.243 e. The highest BCUT2D eigenvalue weighted by Crippen LogP contribution is 2.21. The van der Waals surface area contributed by atoms with Gasteiger partial charge in [-0.3, -0.25) is 4.79 Å². The predicted molar refractivity (Wildman–Crippen MR) is 113 cm³/mol. The van der Waals surface area contributed by atoms with Crippen molar-refractivity contribution in [3.05, 3.63) is 66.1 Å². The van der Waals surface area contributed by atoms with Crippen LogP contribution in [0.5, 0.6) is 0 Å². The summed E-state index contributed by atoms with van der Waals surface area (Å²) in [6.07, 6.45) is 0.553. The molecule has 0 aliphatic carbocycles. The van der Waals surface area contributed by atoms with Crippen LogP contribution >= 0.6 is 0 Å². The van der Waals surface area contributed by atoms with E-state index < -0.39 is 15.8 Å². The van der Waals surface area contributed by atoms with Gasteiger partial charge in [-0.1, -0.05) is 18.2 Å². The Morgan fingerprint density at radius 1 is 1.00 bits per heavy atom. The summed E-state index contributed by atoms with van der Waals surface area (Å²) in [7, 11) is -3.71. The van der Waals surface area contributed by atoms with Gasteiger partial charge < -0.3 is 9.47 Å². The van der Waals surface area contributed by atoms with Gasteiger partial charge in [-0.25, -0.2) is 12.8 Å². The number of fused-ring (bicyclic) bond motifs is 1. The van der Waals surface area contributed by atoms with Gasteiger partial charge >= 0.3 is 0 Å². The molecule has 158 valence electrons. The van der Waals surface area contributed by atoms with Crippen LogP contribution in [-0.4, -0.2) is 54.3 Å². The van der Waals surface area contributed by atoms with Crippen LogP contribution in [0.25, 0.3) is 10.9 Å². The number of hydrogen-bond acceptors (Lipinski definition) is 3. The molecule has 1 aromatic heterocycles. The average molecular weight is 430 g/mol. The number of sulfonamides is 1. The molecule has 1 aliphatic rings. The molecule has 4 rings (SSSR count). The molecule has 0 saturated carbocycles. The first kappa shape index (κ1) is 20.6. The molecule has 6 nitrogen and oxygen atoms in total. The van der Waals surface area contributed by atoms with Crippen LogP contribution < -0.4 is 0 Å². The highest BCUT2D eigenvalue weighted by atomic mass is 32.2. The molecule has 2 aromatic carbocycles. The SMILES string of the molecule is Cc1cc2ccccc2n1CC(=O)N1CCCN(S(=O)(=O)c2ccc(F)cc2)CC1. The molecule has 30 heavy (non-hydrogen) atoms. The third-order valence-corrected chi connectivity index (χ3v) is 7.48. The van der Waals surface area contributed by atoms with Crippen LogP contribution in [0.3, 0.4) is 0 Å². The van der Waals surface area contributed by atoms with Crippen LogP contribution in [0.15, 0.2) is 59.5 Å². The fraction of sp³-hybridized carbons (Fsp3) is 0.318. The normalized spacial score (nSPS) is 16.0. The number of para-hydroxylation sites is 1. The second kappa shape index (κ2) is 8.20. The largest absolute Gasteiger partial charge is 0.340 e. The second-order valence-electron chi connectivity index (χ2n) is 7.52. The van der Waals surface area contributed by atoms with Crippen molar-refractivity contribution >= 4 is 26.8 Å². The predicted octanol–water partition coefficient (Wildman–Crippen LogP) is 3.01. The number of nitrogens with zero attached hydrogens (tertiary/aromatic N) is 3. The Bertz CT molecular complexity index is 1170. The number of carbonyl (C=O) groups is 1. The lowest BCUT2D eigenvalue weighted by atomic mass is 10.2. The third-order valence-electron chi connectivity index (χ3n) is 5.57. The number of rotatable bonds is 4.